The molecule has 0 bridgehead atoms. The second kappa shape index (κ2) is 6.05. The second-order valence-electron chi connectivity index (χ2n) is 5.34. The second-order valence-corrected chi connectivity index (χ2v) is 5.34. The smallest absolute Gasteiger partial charge is 0.311 e. The van der Waals surface area contributed by atoms with Crippen LogP contribution in [0, 0.1) is 5.92 Å². The van der Waals surface area contributed by atoms with Crippen LogP contribution in [0.5, 0.6) is 0 Å². The van der Waals surface area contributed by atoms with E-state index in [0.29, 0.717) is 19.0 Å². The zero-order valence-electron chi connectivity index (χ0n) is 10.8. The van der Waals surface area contributed by atoms with Gasteiger partial charge in [0.1, 0.15) is 0 Å². The van der Waals surface area contributed by atoms with Gasteiger partial charge in [-0.15, -0.1) is 0 Å². The summed E-state index contributed by atoms with van der Waals surface area (Å²) in [4.78, 5) is 1.60. The van der Waals surface area contributed by atoms with E-state index in [1.807, 2.05) is 6.92 Å². The Labute approximate surface area is 102 Å². The van der Waals surface area contributed by atoms with Crippen LogP contribution in [-0.4, -0.2) is 42.8 Å². The van der Waals surface area contributed by atoms with E-state index < -0.39 is 12.7 Å². The Morgan fingerprint density at radius 3 is 2.47 bits per heavy atom. The molecule has 1 fully saturated rings. The number of hydrogen-bond donors (Lipinski definition) is 1. The summed E-state index contributed by atoms with van der Waals surface area (Å²) in [6.07, 6.45) is -2.40. The van der Waals surface area contributed by atoms with Crippen LogP contribution in [0.15, 0.2) is 0 Å². The molecule has 0 radical (unpaired) electrons. The van der Waals surface area contributed by atoms with E-state index in [4.69, 9.17) is 0 Å². The molecule has 1 saturated heterocycles. The molecule has 1 aliphatic rings. The molecule has 1 N–H and O–H groups in total. The van der Waals surface area contributed by atoms with Gasteiger partial charge in [0.25, 0.3) is 0 Å². The fourth-order valence-corrected chi connectivity index (χ4v) is 2.40. The zero-order valence-corrected chi connectivity index (χ0v) is 10.8. The first kappa shape index (κ1) is 14.8. The minimum Gasteiger partial charge on any atom is -0.311 e. The van der Waals surface area contributed by atoms with Gasteiger partial charge in [-0.25, -0.2) is 0 Å². The van der Waals surface area contributed by atoms with Crippen molar-refractivity contribution in [2.45, 2.75) is 51.9 Å². The third-order valence-corrected chi connectivity index (χ3v) is 3.23. The summed E-state index contributed by atoms with van der Waals surface area (Å²) in [6.45, 7) is 6.52. The third kappa shape index (κ3) is 5.25. The molecule has 2 unspecified atom stereocenters. The van der Waals surface area contributed by atoms with Gasteiger partial charge >= 0.3 is 6.18 Å². The van der Waals surface area contributed by atoms with Gasteiger partial charge in [0.2, 0.25) is 0 Å². The van der Waals surface area contributed by atoms with Gasteiger partial charge in [-0.3, -0.25) is 4.90 Å². The van der Waals surface area contributed by atoms with Crippen molar-refractivity contribution in [3.63, 3.8) is 0 Å². The zero-order chi connectivity index (χ0) is 13.1. The van der Waals surface area contributed by atoms with Crippen LogP contribution in [0.2, 0.25) is 0 Å². The van der Waals surface area contributed by atoms with E-state index in [-0.39, 0.29) is 12.1 Å². The van der Waals surface area contributed by atoms with Crippen molar-refractivity contribution in [3.05, 3.63) is 0 Å². The first-order valence-electron chi connectivity index (χ1n) is 6.36. The summed E-state index contributed by atoms with van der Waals surface area (Å²) in [5.41, 5.74) is 0. The Bertz CT molecular complexity index is 228. The average Bonchev–Trinajstić information content (AvgIpc) is 2.17. The Hall–Kier alpha value is -0.290. The first-order valence-corrected chi connectivity index (χ1v) is 6.36. The van der Waals surface area contributed by atoms with E-state index in [1.165, 1.54) is 0 Å². The third-order valence-electron chi connectivity index (χ3n) is 3.23. The van der Waals surface area contributed by atoms with Crippen molar-refractivity contribution in [2.24, 2.45) is 5.92 Å². The first-order chi connectivity index (χ1) is 7.81. The molecule has 5 heteroatoms. The Balaban J connectivity index is 2.61. The van der Waals surface area contributed by atoms with E-state index in [2.05, 4.69) is 19.2 Å². The van der Waals surface area contributed by atoms with Crippen molar-refractivity contribution in [1.82, 2.24) is 10.2 Å². The van der Waals surface area contributed by atoms with Crippen LogP contribution < -0.4 is 5.32 Å². The van der Waals surface area contributed by atoms with Gasteiger partial charge in [-0.05, 0) is 18.8 Å². The molecule has 17 heavy (non-hydrogen) atoms. The van der Waals surface area contributed by atoms with Crippen LogP contribution in [0.25, 0.3) is 0 Å². The maximum atomic E-state index is 12.5. The fourth-order valence-electron chi connectivity index (χ4n) is 2.40. The lowest BCUT2D eigenvalue weighted by molar-refractivity contribution is -0.154. The SMILES string of the molecule is CCC1CN(CC(F)(F)F)C(CC(C)C)CN1. The van der Waals surface area contributed by atoms with Crippen molar-refractivity contribution in [1.29, 1.82) is 0 Å². The van der Waals surface area contributed by atoms with Crippen LogP contribution in [0.3, 0.4) is 0 Å². The highest BCUT2D eigenvalue weighted by Gasteiger charge is 2.36. The van der Waals surface area contributed by atoms with E-state index in [9.17, 15) is 13.2 Å². The molecule has 0 aromatic rings. The predicted octanol–water partition coefficient (Wildman–Crippen LogP) is 2.65. The van der Waals surface area contributed by atoms with Gasteiger partial charge < -0.3 is 5.32 Å². The highest BCUT2D eigenvalue weighted by Crippen LogP contribution is 2.23. The molecule has 2 atom stereocenters. The van der Waals surface area contributed by atoms with E-state index in [1.54, 1.807) is 4.90 Å². The lowest BCUT2D eigenvalue weighted by Gasteiger charge is -2.41. The Kier molecular flexibility index (Phi) is 5.25. The average molecular weight is 252 g/mol. The summed E-state index contributed by atoms with van der Waals surface area (Å²) in [7, 11) is 0. The van der Waals surface area contributed by atoms with Gasteiger partial charge in [-0.2, -0.15) is 13.2 Å². The summed E-state index contributed by atoms with van der Waals surface area (Å²) >= 11 is 0. The summed E-state index contributed by atoms with van der Waals surface area (Å²) in [5, 5.41) is 3.33. The highest BCUT2D eigenvalue weighted by molar-refractivity contribution is 4.87. The van der Waals surface area contributed by atoms with Crippen LogP contribution in [-0.2, 0) is 0 Å². The summed E-state index contributed by atoms with van der Waals surface area (Å²) < 4.78 is 37.6. The molecule has 102 valence electrons. The van der Waals surface area contributed by atoms with Gasteiger partial charge in [0.15, 0.2) is 0 Å². The number of hydrogen-bond acceptors (Lipinski definition) is 2. The molecule has 1 rings (SSSR count). The maximum Gasteiger partial charge on any atom is 0.401 e. The minimum atomic E-state index is -4.09. The van der Waals surface area contributed by atoms with Crippen molar-refractivity contribution in [3.8, 4) is 0 Å². The normalized spacial score (nSPS) is 27.7. The molecule has 1 aliphatic heterocycles. The number of rotatable bonds is 4. The molecule has 0 saturated carbocycles. The Morgan fingerprint density at radius 2 is 2.00 bits per heavy atom. The fraction of sp³-hybridized carbons (Fsp3) is 1.00. The number of alkyl halides is 3. The molecule has 0 aromatic heterocycles. The highest BCUT2D eigenvalue weighted by atomic mass is 19.4. The van der Waals surface area contributed by atoms with Gasteiger partial charge in [0.05, 0.1) is 6.54 Å². The minimum absolute atomic E-state index is 0.0134. The monoisotopic (exact) mass is 252 g/mol. The number of halogens is 3. The van der Waals surface area contributed by atoms with Gasteiger partial charge in [-0.1, -0.05) is 20.8 Å². The van der Waals surface area contributed by atoms with Crippen molar-refractivity contribution < 1.29 is 13.2 Å². The van der Waals surface area contributed by atoms with Crippen LogP contribution in [0.4, 0.5) is 13.2 Å². The molecule has 0 aliphatic carbocycles. The quantitative estimate of drug-likeness (QED) is 0.827. The van der Waals surface area contributed by atoms with E-state index in [0.717, 1.165) is 12.8 Å². The van der Waals surface area contributed by atoms with Crippen LogP contribution in [0.1, 0.15) is 33.6 Å². The van der Waals surface area contributed by atoms with Crippen molar-refractivity contribution >= 4 is 0 Å². The molecule has 0 spiro atoms. The lowest BCUT2D eigenvalue weighted by Crippen LogP contribution is -2.58. The molecular formula is C12H23F3N2. The summed E-state index contributed by atoms with van der Waals surface area (Å²) in [6, 6.07) is 0.209. The molecule has 0 amide bonds. The van der Waals surface area contributed by atoms with Crippen molar-refractivity contribution in [2.75, 3.05) is 19.6 Å². The largest absolute Gasteiger partial charge is 0.401 e. The summed E-state index contributed by atoms with van der Waals surface area (Å²) in [5.74, 6) is 0.427. The number of nitrogens with zero attached hydrogens (tertiary/aromatic N) is 1. The lowest BCUT2D eigenvalue weighted by atomic mass is 9.98. The molecule has 1 heterocycles. The maximum absolute atomic E-state index is 12.5. The molecule has 2 nitrogen and oxygen atoms in total. The standard InChI is InChI=1S/C12H23F3N2/c1-4-10-7-17(8-12(13,14)15)11(6-16-10)5-9(2)3/h9-11,16H,4-8H2,1-3H3. The molecular weight excluding hydrogens is 229 g/mol. The number of nitrogens with one attached hydrogen (secondary N) is 1. The molecule has 0 aromatic carbocycles. The van der Waals surface area contributed by atoms with Crippen LogP contribution >= 0.6 is 0 Å². The predicted molar refractivity (Wildman–Crippen MR) is 63.0 cm³/mol. The topological polar surface area (TPSA) is 15.3 Å². The Morgan fingerprint density at radius 1 is 1.35 bits per heavy atom. The van der Waals surface area contributed by atoms with E-state index >= 15 is 0 Å². The number of piperazine rings is 1. The van der Waals surface area contributed by atoms with Gasteiger partial charge in [0, 0.05) is 25.2 Å².